The van der Waals surface area contributed by atoms with Crippen molar-refractivity contribution in [3.8, 4) is 0 Å². The van der Waals surface area contributed by atoms with Crippen LogP contribution in [0.2, 0.25) is 5.15 Å². The Bertz CT molecular complexity index is 1340. The second kappa shape index (κ2) is 6.31. The zero-order valence-corrected chi connectivity index (χ0v) is 17.2. The molecule has 0 aromatic carbocycles. The smallest absolute Gasteiger partial charge is 0.183 e. The number of halogens is 1. The molecule has 4 aromatic rings. The number of rotatable bonds is 3. The maximum absolute atomic E-state index is 11.2. The first-order chi connectivity index (χ1) is 15.0. The third kappa shape index (κ3) is 2.31. The maximum atomic E-state index is 11.2. The van der Waals surface area contributed by atoms with Crippen LogP contribution in [-0.4, -0.2) is 68.4 Å². The van der Waals surface area contributed by atoms with Crippen molar-refractivity contribution in [1.29, 1.82) is 0 Å². The molecule has 0 radical (unpaired) electrons. The Morgan fingerprint density at radius 3 is 2.97 bits per heavy atom. The Morgan fingerprint density at radius 2 is 2.23 bits per heavy atom. The molecule has 160 valence electrons. The summed E-state index contributed by atoms with van der Waals surface area (Å²) in [5.74, 6) is 0.314. The highest BCUT2D eigenvalue weighted by Gasteiger charge is 2.65. The number of aliphatic hydroxyl groups excluding tert-OH is 2. The highest BCUT2D eigenvalue weighted by atomic mass is 35.5. The number of aldehydes is 1. The van der Waals surface area contributed by atoms with Gasteiger partial charge in [-0.25, -0.2) is 9.97 Å². The number of aromatic amines is 1. The van der Waals surface area contributed by atoms with Crippen LogP contribution in [-0.2, 0) is 12.5 Å². The van der Waals surface area contributed by atoms with Gasteiger partial charge >= 0.3 is 0 Å². The Balaban J connectivity index is 1.54. The van der Waals surface area contributed by atoms with Crippen molar-refractivity contribution in [2.75, 3.05) is 0 Å². The number of carbonyl (C=O) groups excluding carboxylic acids is 1. The lowest BCUT2D eigenvalue weighted by Crippen LogP contribution is -2.41. The molecule has 2 aliphatic rings. The third-order valence-corrected chi connectivity index (χ3v) is 7.31. The first kappa shape index (κ1) is 18.8. The monoisotopic (exact) mass is 442 g/mol. The van der Waals surface area contributed by atoms with Gasteiger partial charge in [-0.2, -0.15) is 4.80 Å². The molecule has 12 heteroatoms. The Morgan fingerprint density at radius 1 is 1.39 bits per heavy atom. The molecule has 0 bridgehead atoms. The molecule has 11 nitrogen and oxygen atoms in total. The van der Waals surface area contributed by atoms with Gasteiger partial charge in [0, 0.05) is 5.39 Å². The molecular formula is C19H19ClN8O3. The Labute approximate surface area is 180 Å². The van der Waals surface area contributed by atoms with Crippen LogP contribution in [0.15, 0.2) is 12.4 Å². The fraction of sp³-hybridized carbons (Fsp3) is 0.474. The van der Waals surface area contributed by atoms with Gasteiger partial charge in [0.2, 0.25) is 0 Å². The van der Waals surface area contributed by atoms with Crippen LogP contribution in [0.1, 0.15) is 41.6 Å². The topological polar surface area (TPSA) is 148 Å². The van der Waals surface area contributed by atoms with E-state index >= 15 is 0 Å². The normalized spacial score (nSPS) is 30.5. The van der Waals surface area contributed by atoms with Gasteiger partial charge in [-0.1, -0.05) is 18.0 Å². The van der Waals surface area contributed by atoms with Crippen molar-refractivity contribution in [3.05, 3.63) is 29.1 Å². The standard InChI is InChI=1S/C19H19ClN8O3/c1-27-25-18(24-26-27)19-4-2-3-10(19)13(14(30)15(19)31)28-7-21-12-11-9(5-8(6-29)22-11)16(20)23-17(12)28/h5-7,10,13-15,22,30-31H,2-4H2,1H3/t10-,13-,14+,15+,19+/m1/s1. The zero-order chi connectivity index (χ0) is 21.5. The summed E-state index contributed by atoms with van der Waals surface area (Å²) in [4.78, 5) is 24.6. The van der Waals surface area contributed by atoms with E-state index in [0.717, 1.165) is 12.8 Å². The molecule has 0 amide bonds. The van der Waals surface area contributed by atoms with Gasteiger partial charge in [0.05, 0.1) is 42.1 Å². The van der Waals surface area contributed by atoms with Crippen molar-refractivity contribution in [1.82, 2.24) is 39.7 Å². The van der Waals surface area contributed by atoms with Crippen molar-refractivity contribution in [2.45, 2.75) is 42.9 Å². The highest BCUT2D eigenvalue weighted by molar-refractivity contribution is 6.35. The summed E-state index contributed by atoms with van der Waals surface area (Å²) in [6, 6.07) is 1.14. The molecule has 0 unspecified atom stereocenters. The number of hydrogen-bond acceptors (Lipinski definition) is 8. The van der Waals surface area contributed by atoms with Crippen LogP contribution < -0.4 is 0 Å². The second-order valence-corrected chi connectivity index (χ2v) is 8.78. The van der Waals surface area contributed by atoms with Crippen LogP contribution in [0.25, 0.3) is 22.1 Å². The number of aromatic nitrogens is 8. The lowest BCUT2D eigenvalue weighted by molar-refractivity contribution is -0.00656. The van der Waals surface area contributed by atoms with Crippen LogP contribution in [0, 0.1) is 5.92 Å². The number of imidazole rings is 1. The summed E-state index contributed by atoms with van der Waals surface area (Å²) < 4.78 is 1.78. The molecule has 0 aliphatic heterocycles. The number of H-pyrrole nitrogens is 1. The summed E-state index contributed by atoms with van der Waals surface area (Å²) in [5, 5.41) is 35.7. The molecule has 2 fully saturated rings. The van der Waals surface area contributed by atoms with Gasteiger partial charge in [-0.15, -0.1) is 10.2 Å². The van der Waals surface area contributed by atoms with Gasteiger partial charge < -0.3 is 19.8 Å². The van der Waals surface area contributed by atoms with Crippen LogP contribution >= 0.6 is 11.6 Å². The molecule has 2 aliphatic carbocycles. The summed E-state index contributed by atoms with van der Waals surface area (Å²) in [6.45, 7) is 0. The first-order valence-electron chi connectivity index (χ1n) is 10.1. The van der Waals surface area contributed by atoms with Gasteiger partial charge in [0.1, 0.15) is 16.8 Å². The van der Waals surface area contributed by atoms with Gasteiger partial charge in [-0.3, -0.25) is 4.79 Å². The molecule has 4 heterocycles. The highest BCUT2D eigenvalue weighted by Crippen LogP contribution is 2.59. The summed E-state index contributed by atoms with van der Waals surface area (Å²) >= 11 is 6.41. The number of tetrazole rings is 1. The van der Waals surface area contributed by atoms with Crippen molar-refractivity contribution in [2.24, 2.45) is 13.0 Å². The minimum absolute atomic E-state index is 0.135. The van der Waals surface area contributed by atoms with Crippen LogP contribution in [0.3, 0.4) is 0 Å². The number of pyridine rings is 1. The van der Waals surface area contributed by atoms with E-state index in [-0.39, 0.29) is 11.1 Å². The van der Waals surface area contributed by atoms with Crippen molar-refractivity contribution in [3.63, 3.8) is 0 Å². The molecule has 31 heavy (non-hydrogen) atoms. The number of carbonyl (C=O) groups is 1. The molecule has 5 atom stereocenters. The van der Waals surface area contributed by atoms with Gasteiger partial charge in [-0.05, 0) is 30.0 Å². The molecule has 0 spiro atoms. The lowest BCUT2D eigenvalue weighted by Gasteiger charge is -2.30. The number of aliphatic hydroxyl groups is 2. The second-order valence-electron chi connectivity index (χ2n) is 8.43. The average molecular weight is 443 g/mol. The van der Waals surface area contributed by atoms with E-state index in [0.29, 0.717) is 46.3 Å². The average Bonchev–Trinajstić information content (AvgIpc) is 3.54. The maximum Gasteiger partial charge on any atom is 0.183 e. The van der Waals surface area contributed by atoms with Crippen molar-refractivity contribution < 1.29 is 15.0 Å². The molecular weight excluding hydrogens is 424 g/mol. The Kier molecular flexibility index (Phi) is 3.84. The minimum Gasteiger partial charge on any atom is -0.389 e. The molecule has 2 saturated carbocycles. The largest absolute Gasteiger partial charge is 0.389 e. The van der Waals surface area contributed by atoms with Gasteiger partial charge in [0.25, 0.3) is 0 Å². The number of fused-ring (bicyclic) bond motifs is 4. The fourth-order valence-corrected chi connectivity index (χ4v) is 6.00. The fourth-order valence-electron chi connectivity index (χ4n) is 5.77. The Hall–Kier alpha value is -2.89. The van der Waals surface area contributed by atoms with E-state index < -0.39 is 23.7 Å². The predicted octanol–water partition coefficient (Wildman–Crippen LogP) is 0.917. The van der Waals surface area contributed by atoms with Crippen LogP contribution in [0.5, 0.6) is 0 Å². The van der Waals surface area contributed by atoms with E-state index in [2.05, 4.69) is 30.4 Å². The van der Waals surface area contributed by atoms with E-state index in [1.807, 2.05) is 0 Å². The third-order valence-electron chi connectivity index (χ3n) is 7.02. The van der Waals surface area contributed by atoms with Crippen LogP contribution in [0.4, 0.5) is 0 Å². The molecule has 0 saturated heterocycles. The molecule has 4 aromatic heterocycles. The molecule has 6 rings (SSSR count). The van der Waals surface area contributed by atoms with E-state index in [4.69, 9.17) is 11.6 Å². The zero-order valence-electron chi connectivity index (χ0n) is 16.5. The predicted molar refractivity (Wildman–Crippen MR) is 109 cm³/mol. The summed E-state index contributed by atoms with van der Waals surface area (Å²) in [7, 11) is 1.68. The number of aryl methyl sites for hydroxylation is 1. The minimum atomic E-state index is -1.07. The SMILES string of the molecule is Cn1nnc([C@@]23CCC[C@@H]2[C@@H](n2cnc4c5[nH]c(C=O)cc5c(Cl)nc42)[C@H](O)[C@@H]3O)n1. The number of hydrogen-bond donors (Lipinski definition) is 3. The number of nitrogens with zero attached hydrogens (tertiary/aromatic N) is 7. The first-order valence-corrected chi connectivity index (χ1v) is 10.4. The van der Waals surface area contributed by atoms with Crippen molar-refractivity contribution >= 4 is 40.0 Å². The summed E-state index contributed by atoms with van der Waals surface area (Å²) in [6.07, 6.45) is 2.49. The van der Waals surface area contributed by atoms with E-state index in [1.165, 1.54) is 4.80 Å². The molecule has 3 N–H and O–H groups in total. The van der Waals surface area contributed by atoms with E-state index in [9.17, 15) is 15.0 Å². The quantitative estimate of drug-likeness (QED) is 0.313. The van der Waals surface area contributed by atoms with Gasteiger partial charge in [0.15, 0.2) is 17.8 Å². The summed E-state index contributed by atoms with van der Waals surface area (Å²) in [5.41, 5.74) is 1.21. The van der Waals surface area contributed by atoms with E-state index in [1.54, 1.807) is 24.0 Å². The lowest BCUT2D eigenvalue weighted by atomic mass is 9.77. The number of nitrogens with one attached hydrogen (secondary N) is 1.